The molecule has 1 aromatic carbocycles. The SMILES string of the molecule is CCN(Cc1cccs1)C(=O)c1ccc(-n2ccnc2)cc1. The van der Waals surface area contributed by atoms with E-state index >= 15 is 0 Å². The van der Waals surface area contributed by atoms with Crippen molar-refractivity contribution in [1.29, 1.82) is 0 Å². The summed E-state index contributed by atoms with van der Waals surface area (Å²) in [6.45, 7) is 3.36. The molecule has 0 unspecified atom stereocenters. The van der Waals surface area contributed by atoms with Gasteiger partial charge in [0.25, 0.3) is 5.91 Å². The number of carbonyl (C=O) groups is 1. The fourth-order valence-corrected chi connectivity index (χ4v) is 3.01. The molecular weight excluding hydrogens is 294 g/mol. The summed E-state index contributed by atoms with van der Waals surface area (Å²) in [5, 5.41) is 2.04. The number of imidazole rings is 1. The third-order valence-corrected chi connectivity index (χ3v) is 4.37. The highest BCUT2D eigenvalue weighted by atomic mass is 32.1. The second-order valence-electron chi connectivity index (χ2n) is 4.92. The zero-order chi connectivity index (χ0) is 15.4. The molecule has 4 nitrogen and oxygen atoms in total. The molecule has 0 fully saturated rings. The van der Waals surface area contributed by atoms with Crippen LogP contribution in [0.5, 0.6) is 0 Å². The Bertz CT molecular complexity index is 718. The maximum absolute atomic E-state index is 12.6. The van der Waals surface area contributed by atoms with Gasteiger partial charge in [0.05, 0.1) is 12.9 Å². The number of aromatic nitrogens is 2. The van der Waals surface area contributed by atoms with Crippen LogP contribution in [0.1, 0.15) is 22.2 Å². The van der Waals surface area contributed by atoms with Gasteiger partial charge in [-0.1, -0.05) is 6.07 Å². The summed E-state index contributed by atoms with van der Waals surface area (Å²) in [5.74, 6) is 0.0630. The van der Waals surface area contributed by atoms with Crippen LogP contribution in [-0.2, 0) is 6.54 Å². The topological polar surface area (TPSA) is 38.1 Å². The van der Waals surface area contributed by atoms with Crippen LogP contribution >= 0.6 is 11.3 Å². The summed E-state index contributed by atoms with van der Waals surface area (Å²) in [5.41, 5.74) is 1.71. The van der Waals surface area contributed by atoms with Crippen LogP contribution in [0.3, 0.4) is 0 Å². The van der Waals surface area contributed by atoms with Gasteiger partial charge in [-0.15, -0.1) is 11.3 Å². The molecule has 3 rings (SSSR count). The first-order valence-corrected chi connectivity index (χ1v) is 8.06. The van der Waals surface area contributed by atoms with Crippen LogP contribution in [0.15, 0.2) is 60.5 Å². The first-order chi connectivity index (χ1) is 10.8. The van der Waals surface area contributed by atoms with Crippen molar-refractivity contribution in [2.24, 2.45) is 0 Å². The molecule has 0 bridgehead atoms. The zero-order valence-corrected chi connectivity index (χ0v) is 13.2. The first-order valence-electron chi connectivity index (χ1n) is 7.18. The van der Waals surface area contributed by atoms with Gasteiger partial charge in [0, 0.05) is 35.1 Å². The molecule has 112 valence electrons. The molecule has 0 N–H and O–H groups in total. The number of hydrogen-bond donors (Lipinski definition) is 0. The first kappa shape index (κ1) is 14.5. The molecule has 0 aliphatic rings. The lowest BCUT2D eigenvalue weighted by Crippen LogP contribution is -2.29. The van der Waals surface area contributed by atoms with E-state index in [9.17, 15) is 4.79 Å². The van der Waals surface area contributed by atoms with Crippen LogP contribution in [0.2, 0.25) is 0 Å². The van der Waals surface area contributed by atoms with Crippen LogP contribution in [0.4, 0.5) is 0 Å². The number of rotatable bonds is 5. The Kier molecular flexibility index (Phi) is 4.34. The average Bonchev–Trinajstić information content (AvgIpc) is 3.25. The third-order valence-electron chi connectivity index (χ3n) is 3.51. The number of nitrogens with zero attached hydrogens (tertiary/aromatic N) is 3. The van der Waals surface area contributed by atoms with Gasteiger partial charge in [0.1, 0.15) is 0 Å². The van der Waals surface area contributed by atoms with Crippen molar-refractivity contribution in [3.05, 3.63) is 70.9 Å². The van der Waals surface area contributed by atoms with Crippen LogP contribution in [0, 0.1) is 0 Å². The molecule has 0 saturated heterocycles. The van der Waals surface area contributed by atoms with E-state index in [-0.39, 0.29) is 5.91 Å². The standard InChI is InChI=1S/C17H17N3OS/c1-2-19(12-16-4-3-11-22-16)17(21)14-5-7-15(8-6-14)20-10-9-18-13-20/h3-11,13H,2,12H2,1H3. The largest absolute Gasteiger partial charge is 0.334 e. The van der Waals surface area contributed by atoms with Gasteiger partial charge < -0.3 is 9.47 Å². The predicted octanol–water partition coefficient (Wildman–Crippen LogP) is 3.60. The Morgan fingerprint density at radius 2 is 2.09 bits per heavy atom. The summed E-state index contributed by atoms with van der Waals surface area (Å²) in [6.07, 6.45) is 5.36. The van der Waals surface area contributed by atoms with Crippen molar-refractivity contribution in [3.63, 3.8) is 0 Å². The van der Waals surface area contributed by atoms with E-state index in [2.05, 4.69) is 11.1 Å². The fourth-order valence-electron chi connectivity index (χ4n) is 2.29. The van der Waals surface area contributed by atoms with E-state index in [1.807, 2.05) is 58.3 Å². The Balaban J connectivity index is 1.76. The second-order valence-corrected chi connectivity index (χ2v) is 5.95. The number of thiophene rings is 1. The van der Waals surface area contributed by atoms with Gasteiger partial charge >= 0.3 is 0 Å². The highest BCUT2D eigenvalue weighted by Crippen LogP contribution is 2.15. The quantitative estimate of drug-likeness (QED) is 0.722. The van der Waals surface area contributed by atoms with Gasteiger partial charge in [-0.3, -0.25) is 4.79 Å². The molecule has 0 aliphatic carbocycles. The predicted molar refractivity (Wildman–Crippen MR) is 88.3 cm³/mol. The molecule has 5 heteroatoms. The maximum atomic E-state index is 12.6. The van der Waals surface area contributed by atoms with Gasteiger partial charge in [0.15, 0.2) is 0 Å². The highest BCUT2D eigenvalue weighted by Gasteiger charge is 2.15. The molecule has 0 atom stereocenters. The number of amides is 1. The Labute approximate surface area is 133 Å². The van der Waals surface area contributed by atoms with Gasteiger partial charge in [-0.25, -0.2) is 4.98 Å². The van der Waals surface area contributed by atoms with Crippen molar-refractivity contribution in [2.45, 2.75) is 13.5 Å². The normalized spacial score (nSPS) is 10.6. The van der Waals surface area contributed by atoms with Crippen molar-refractivity contribution in [3.8, 4) is 5.69 Å². The van der Waals surface area contributed by atoms with Gasteiger partial charge in [0.2, 0.25) is 0 Å². The molecule has 3 aromatic rings. The molecule has 1 amide bonds. The van der Waals surface area contributed by atoms with E-state index in [4.69, 9.17) is 0 Å². The summed E-state index contributed by atoms with van der Waals surface area (Å²) in [7, 11) is 0. The average molecular weight is 311 g/mol. The Hall–Kier alpha value is -2.40. The van der Waals surface area contributed by atoms with Crippen molar-refractivity contribution in [1.82, 2.24) is 14.5 Å². The lowest BCUT2D eigenvalue weighted by atomic mass is 10.1. The molecule has 2 aromatic heterocycles. The van der Waals surface area contributed by atoms with Gasteiger partial charge in [-0.2, -0.15) is 0 Å². The lowest BCUT2D eigenvalue weighted by Gasteiger charge is -2.20. The number of carbonyl (C=O) groups excluding carboxylic acids is 1. The minimum atomic E-state index is 0.0630. The number of hydrogen-bond acceptors (Lipinski definition) is 3. The summed E-state index contributed by atoms with van der Waals surface area (Å²) in [6, 6.07) is 11.7. The van der Waals surface area contributed by atoms with Crippen LogP contribution in [-0.4, -0.2) is 26.9 Å². The summed E-state index contributed by atoms with van der Waals surface area (Å²) < 4.78 is 1.91. The molecule has 0 spiro atoms. The lowest BCUT2D eigenvalue weighted by molar-refractivity contribution is 0.0754. The maximum Gasteiger partial charge on any atom is 0.254 e. The van der Waals surface area contributed by atoms with E-state index < -0.39 is 0 Å². The molecule has 0 radical (unpaired) electrons. The summed E-state index contributed by atoms with van der Waals surface area (Å²) >= 11 is 1.68. The van der Waals surface area contributed by atoms with Crippen LogP contribution < -0.4 is 0 Å². The number of benzene rings is 1. The monoisotopic (exact) mass is 311 g/mol. The fraction of sp³-hybridized carbons (Fsp3) is 0.176. The minimum absolute atomic E-state index is 0.0630. The van der Waals surface area contributed by atoms with Crippen molar-refractivity contribution >= 4 is 17.2 Å². The Morgan fingerprint density at radius 3 is 2.68 bits per heavy atom. The van der Waals surface area contributed by atoms with Gasteiger partial charge in [-0.05, 0) is 42.6 Å². The zero-order valence-electron chi connectivity index (χ0n) is 12.3. The summed E-state index contributed by atoms with van der Waals surface area (Å²) in [4.78, 5) is 19.7. The smallest absolute Gasteiger partial charge is 0.254 e. The molecular formula is C17H17N3OS. The second kappa shape index (κ2) is 6.58. The van der Waals surface area contributed by atoms with E-state index in [1.165, 1.54) is 4.88 Å². The highest BCUT2D eigenvalue weighted by molar-refractivity contribution is 7.09. The molecule has 2 heterocycles. The van der Waals surface area contributed by atoms with E-state index in [0.29, 0.717) is 18.7 Å². The van der Waals surface area contributed by atoms with E-state index in [0.717, 1.165) is 5.69 Å². The molecule has 0 aliphatic heterocycles. The Morgan fingerprint density at radius 1 is 1.27 bits per heavy atom. The van der Waals surface area contributed by atoms with E-state index in [1.54, 1.807) is 23.9 Å². The third kappa shape index (κ3) is 3.09. The van der Waals surface area contributed by atoms with Crippen molar-refractivity contribution in [2.75, 3.05) is 6.54 Å². The molecule has 0 saturated carbocycles. The minimum Gasteiger partial charge on any atom is -0.334 e. The molecule has 22 heavy (non-hydrogen) atoms. The van der Waals surface area contributed by atoms with Crippen molar-refractivity contribution < 1.29 is 4.79 Å². The van der Waals surface area contributed by atoms with Crippen LogP contribution in [0.25, 0.3) is 5.69 Å².